The zero-order valence-electron chi connectivity index (χ0n) is 30.3. The molecule has 11 rings (SSSR count). The number of fused-ring (bicyclic) bond motifs is 12. The smallest absolute Gasteiger partial charge is 0.134 e. The molecular formula is C52H37NO. The molecule has 1 heterocycles. The van der Waals surface area contributed by atoms with Crippen LogP contribution in [-0.4, -0.2) is 0 Å². The molecule has 0 N–H and O–H groups in total. The Morgan fingerprint density at radius 1 is 0.352 bits per heavy atom. The molecule has 0 saturated carbocycles. The lowest BCUT2D eigenvalue weighted by molar-refractivity contribution is 0.436. The molecule has 8 aromatic rings. The molecule has 2 nitrogen and oxygen atoms in total. The quantitative estimate of drug-likeness (QED) is 0.182. The summed E-state index contributed by atoms with van der Waals surface area (Å²) in [5, 5.41) is 0. The summed E-state index contributed by atoms with van der Waals surface area (Å²) in [4.78, 5) is 2.35. The Morgan fingerprint density at radius 3 is 1.63 bits per heavy atom. The zero-order valence-corrected chi connectivity index (χ0v) is 30.3. The van der Waals surface area contributed by atoms with Gasteiger partial charge >= 0.3 is 0 Å². The topological polar surface area (TPSA) is 12.5 Å². The number of para-hydroxylation sites is 2. The Bertz CT molecular complexity index is 2750. The normalized spacial score (nSPS) is 14.6. The number of ether oxygens (including phenoxy) is 1. The molecule has 1 aliphatic heterocycles. The summed E-state index contributed by atoms with van der Waals surface area (Å²) < 4.78 is 6.91. The van der Waals surface area contributed by atoms with Gasteiger partial charge in [0.15, 0.2) is 0 Å². The molecule has 0 unspecified atom stereocenters. The number of rotatable bonds is 4. The fourth-order valence-electron chi connectivity index (χ4n) is 9.72. The first-order chi connectivity index (χ1) is 26.5. The number of benzene rings is 8. The zero-order chi connectivity index (χ0) is 36.0. The summed E-state index contributed by atoms with van der Waals surface area (Å²) >= 11 is 0. The average molecular weight is 692 g/mol. The van der Waals surface area contributed by atoms with Gasteiger partial charge in [0.25, 0.3) is 0 Å². The minimum absolute atomic E-state index is 0.0604. The maximum Gasteiger partial charge on any atom is 0.134 e. The lowest BCUT2D eigenvalue weighted by Gasteiger charge is -2.40. The van der Waals surface area contributed by atoms with Crippen molar-refractivity contribution in [1.82, 2.24) is 0 Å². The van der Waals surface area contributed by atoms with Crippen LogP contribution in [0.1, 0.15) is 47.2 Å². The van der Waals surface area contributed by atoms with E-state index in [-0.39, 0.29) is 5.41 Å². The van der Waals surface area contributed by atoms with Crippen LogP contribution >= 0.6 is 0 Å². The molecule has 0 fully saturated rings. The van der Waals surface area contributed by atoms with Gasteiger partial charge in [-0.05, 0) is 98.1 Å². The highest BCUT2D eigenvalue weighted by Gasteiger charge is 2.51. The van der Waals surface area contributed by atoms with Gasteiger partial charge < -0.3 is 9.64 Å². The Hall–Kier alpha value is -6.64. The fraction of sp³-hybridized carbons (Fsp3) is 0.0769. The van der Waals surface area contributed by atoms with E-state index in [1.807, 2.05) is 0 Å². The number of anilines is 3. The Kier molecular flexibility index (Phi) is 6.55. The largest absolute Gasteiger partial charge is 0.457 e. The molecule has 0 saturated heterocycles. The summed E-state index contributed by atoms with van der Waals surface area (Å²) in [6.45, 7) is 4.69. The molecule has 0 amide bonds. The average Bonchev–Trinajstić information content (AvgIpc) is 3.64. The monoisotopic (exact) mass is 691 g/mol. The second-order valence-electron chi connectivity index (χ2n) is 15.3. The number of nitrogens with zero attached hydrogens (tertiary/aromatic N) is 1. The van der Waals surface area contributed by atoms with Gasteiger partial charge in [0.1, 0.15) is 11.5 Å². The summed E-state index contributed by atoms with van der Waals surface area (Å²) in [6, 6.07) is 68.6. The van der Waals surface area contributed by atoms with Crippen molar-refractivity contribution in [1.29, 1.82) is 0 Å². The van der Waals surface area contributed by atoms with E-state index in [0.29, 0.717) is 0 Å². The third kappa shape index (κ3) is 4.22. The highest BCUT2D eigenvalue weighted by atomic mass is 16.5. The van der Waals surface area contributed by atoms with Crippen molar-refractivity contribution in [2.24, 2.45) is 0 Å². The van der Waals surface area contributed by atoms with Gasteiger partial charge in [-0.1, -0.05) is 153 Å². The Morgan fingerprint density at radius 2 is 0.889 bits per heavy atom. The Labute approximate surface area is 316 Å². The van der Waals surface area contributed by atoms with Crippen LogP contribution in [0.2, 0.25) is 0 Å². The van der Waals surface area contributed by atoms with E-state index >= 15 is 0 Å². The van der Waals surface area contributed by atoms with Crippen LogP contribution < -0.4 is 9.64 Å². The molecule has 0 radical (unpaired) electrons. The first-order valence-electron chi connectivity index (χ1n) is 18.8. The third-order valence-corrected chi connectivity index (χ3v) is 12.1. The lowest BCUT2D eigenvalue weighted by atomic mass is 9.66. The predicted octanol–water partition coefficient (Wildman–Crippen LogP) is 13.6. The van der Waals surface area contributed by atoms with Crippen molar-refractivity contribution < 1.29 is 4.74 Å². The maximum atomic E-state index is 6.91. The van der Waals surface area contributed by atoms with Crippen molar-refractivity contribution in [2.75, 3.05) is 4.90 Å². The van der Waals surface area contributed by atoms with E-state index in [4.69, 9.17) is 4.74 Å². The van der Waals surface area contributed by atoms with Crippen LogP contribution in [0.3, 0.4) is 0 Å². The molecular weight excluding hydrogens is 655 g/mol. The van der Waals surface area contributed by atoms with E-state index in [1.165, 1.54) is 61.2 Å². The van der Waals surface area contributed by atoms with E-state index in [9.17, 15) is 0 Å². The molecule has 2 heteroatoms. The molecule has 0 aromatic heterocycles. The number of hydrogen-bond acceptors (Lipinski definition) is 2. The third-order valence-electron chi connectivity index (χ3n) is 12.1. The standard InChI is InChI=1S/C52H37NO/c1-51(2)43-22-9-6-19-39(43)42-29-27-35(32-48(42)51)34-15-14-18-37(31-34)53(36-16-4-3-5-17-36)38-28-30-47-50(33-38)54-49-26-13-12-25-46(49)52(47)44-23-10-7-20-40(44)41-21-8-11-24-45(41)52/h3-33H,1-2H3. The molecule has 0 bridgehead atoms. The van der Waals surface area contributed by atoms with Gasteiger partial charge in [-0.2, -0.15) is 0 Å². The molecule has 0 atom stereocenters. The summed E-state index contributed by atoms with van der Waals surface area (Å²) in [7, 11) is 0. The van der Waals surface area contributed by atoms with Crippen LogP contribution in [0, 0.1) is 0 Å². The van der Waals surface area contributed by atoms with Gasteiger partial charge in [-0.3, -0.25) is 0 Å². The van der Waals surface area contributed by atoms with Crippen LogP contribution in [0.4, 0.5) is 17.1 Å². The molecule has 2 aliphatic carbocycles. The summed E-state index contributed by atoms with van der Waals surface area (Å²) in [6.07, 6.45) is 0. The highest BCUT2D eigenvalue weighted by molar-refractivity contribution is 5.90. The minimum atomic E-state index is -0.492. The van der Waals surface area contributed by atoms with Crippen LogP contribution in [-0.2, 0) is 10.8 Å². The summed E-state index contributed by atoms with van der Waals surface area (Å²) in [5.74, 6) is 1.76. The minimum Gasteiger partial charge on any atom is -0.457 e. The van der Waals surface area contributed by atoms with Crippen LogP contribution in [0.5, 0.6) is 11.5 Å². The van der Waals surface area contributed by atoms with Gasteiger partial charge in [-0.25, -0.2) is 0 Å². The van der Waals surface area contributed by atoms with E-state index in [1.54, 1.807) is 0 Å². The first kappa shape index (κ1) is 30.9. The molecule has 1 spiro atoms. The lowest BCUT2D eigenvalue weighted by Crippen LogP contribution is -2.32. The fourth-order valence-corrected chi connectivity index (χ4v) is 9.72. The van der Waals surface area contributed by atoms with Gasteiger partial charge in [0, 0.05) is 39.7 Å². The first-order valence-corrected chi connectivity index (χ1v) is 18.8. The molecule has 256 valence electrons. The molecule has 54 heavy (non-hydrogen) atoms. The van der Waals surface area contributed by atoms with Crippen molar-refractivity contribution in [3.05, 3.63) is 221 Å². The highest BCUT2D eigenvalue weighted by Crippen LogP contribution is 2.62. The number of hydrogen-bond donors (Lipinski definition) is 0. The van der Waals surface area contributed by atoms with Crippen LogP contribution in [0.25, 0.3) is 33.4 Å². The van der Waals surface area contributed by atoms with Gasteiger partial charge in [-0.15, -0.1) is 0 Å². The SMILES string of the molecule is CC1(C)c2ccccc2-c2ccc(-c3cccc(N(c4ccccc4)c4ccc5c(c4)Oc4ccccc4C54c5ccccc5-c5ccccc54)c3)cc21. The predicted molar refractivity (Wildman–Crippen MR) is 222 cm³/mol. The van der Waals surface area contributed by atoms with E-state index in [2.05, 4.69) is 207 Å². The molecule has 3 aliphatic rings. The van der Waals surface area contributed by atoms with Gasteiger partial charge in [0.2, 0.25) is 0 Å². The van der Waals surface area contributed by atoms with Crippen molar-refractivity contribution in [2.45, 2.75) is 24.7 Å². The van der Waals surface area contributed by atoms with Crippen LogP contribution in [0.15, 0.2) is 188 Å². The van der Waals surface area contributed by atoms with Gasteiger partial charge in [0.05, 0.1) is 5.41 Å². The second kappa shape index (κ2) is 11.4. The van der Waals surface area contributed by atoms with E-state index < -0.39 is 5.41 Å². The maximum absolute atomic E-state index is 6.91. The molecule has 8 aromatic carbocycles. The van der Waals surface area contributed by atoms with Crippen molar-refractivity contribution >= 4 is 17.1 Å². The Balaban J connectivity index is 1.07. The van der Waals surface area contributed by atoms with Crippen molar-refractivity contribution in [3.8, 4) is 44.9 Å². The van der Waals surface area contributed by atoms with Crippen molar-refractivity contribution in [3.63, 3.8) is 0 Å². The second-order valence-corrected chi connectivity index (χ2v) is 15.3. The van der Waals surface area contributed by atoms with E-state index in [0.717, 1.165) is 34.1 Å². The summed E-state index contributed by atoms with van der Waals surface area (Å²) in [5.41, 5.74) is 18.0.